The lowest BCUT2D eigenvalue weighted by atomic mass is 9.64. The minimum atomic E-state index is -2.14. The molecule has 1 spiro atoms. The molecule has 4 aliphatic heterocycles. The van der Waals surface area contributed by atoms with Crippen LogP contribution in [0, 0.1) is 27.9 Å². The number of ether oxygens (including phenoxy) is 4. The standard InChI is InChI=1S/C60H51N7O11/c1-75-46-25-20-39(21-26-46)16-17-40-22-27-49-48(36-40)60(57(71)65(49)59(72)77-38-41-18-23-45(24-19-41)67(73)74)50(55(69)63-30-32-64(33-31-63)58-61-28-9-29-62-58)52-56(70)78-53(43-12-6-3-7-13-43)51(42-10-4-2-5-11-42)66(52)54(60)44-14-8-15-47(37-44)76-35-34-68/h2-15,18-29,36-37,50-54,68H,30-35,38H2,1H3. The Kier molecular flexibility index (Phi) is 14.1. The van der Waals surface area contributed by atoms with Gasteiger partial charge in [0.1, 0.15) is 42.3 Å². The lowest BCUT2D eigenvalue weighted by Crippen LogP contribution is -2.59. The number of amides is 3. The summed E-state index contributed by atoms with van der Waals surface area (Å²) >= 11 is 0. The highest BCUT2D eigenvalue weighted by Crippen LogP contribution is 2.66. The number of anilines is 2. The number of rotatable bonds is 12. The molecule has 4 aliphatic rings. The zero-order chi connectivity index (χ0) is 53.9. The van der Waals surface area contributed by atoms with Gasteiger partial charge in [0.2, 0.25) is 17.8 Å². The third-order valence-corrected chi connectivity index (χ3v) is 14.8. The number of hydrogen-bond acceptors (Lipinski definition) is 15. The lowest BCUT2D eigenvalue weighted by Gasteiger charge is -2.46. The fraction of sp³-hybridized carbons (Fsp3) is 0.233. The molecule has 7 aromatic rings. The minimum Gasteiger partial charge on any atom is -0.497 e. The van der Waals surface area contributed by atoms with E-state index in [1.807, 2.05) is 70.5 Å². The number of aromatic nitrogens is 2. The third kappa shape index (κ3) is 9.28. The number of hydrogen-bond donors (Lipinski definition) is 1. The van der Waals surface area contributed by atoms with Crippen molar-refractivity contribution in [1.29, 1.82) is 0 Å². The molecule has 11 rings (SSSR count). The number of carbonyl (C=O) groups excluding carboxylic acids is 4. The van der Waals surface area contributed by atoms with E-state index in [-0.39, 0.29) is 49.8 Å². The Morgan fingerprint density at radius 2 is 1.42 bits per heavy atom. The Morgan fingerprint density at radius 1 is 0.756 bits per heavy atom. The second-order valence-electron chi connectivity index (χ2n) is 19.1. The molecule has 18 heteroatoms. The van der Waals surface area contributed by atoms with Gasteiger partial charge < -0.3 is 33.9 Å². The Bertz CT molecular complexity index is 3440. The molecule has 0 aliphatic carbocycles. The van der Waals surface area contributed by atoms with E-state index < -0.39 is 64.4 Å². The molecule has 6 aromatic carbocycles. The maximum Gasteiger partial charge on any atom is 0.421 e. The fourth-order valence-corrected chi connectivity index (χ4v) is 11.4. The van der Waals surface area contributed by atoms with Crippen molar-refractivity contribution >= 4 is 41.2 Å². The van der Waals surface area contributed by atoms with Crippen LogP contribution in [0.5, 0.6) is 11.5 Å². The molecule has 18 nitrogen and oxygen atoms in total. The van der Waals surface area contributed by atoms with Gasteiger partial charge >= 0.3 is 12.1 Å². The molecule has 0 saturated carbocycles. The van der Waals surface area contributed by atoms with Crippen molar-refractivity contribution in [2.24, 2.45) is 5.92 Å². The fourth-order valence-electron chi connectivity index (χ4n) is 11.4. The van der Waals surface area contributed by atoms with Gasteiger partial charge in [0.25, 0.3) is 5.69 Å². The van der Waals surface area contributed by atoms with Crippen LogP contribution >= 0.6 is 0 Å². The molecule has 6 atom stereocenters. The largest absolute Gasteiger partial charge is 0.497 e. The van der Waals surface area contributed by atoms with Crippen LogP contribution in [0.25, 0.3) is 0 Å². The van der Waals surface area contributed by atoms with Gasteiger partial charge in [-0.15, -0.1) is 0 Å². The van der Waals surface area contributed by atoms with Crippen molar-refractivity contribution in [3.05, 3.63) is 219 Å². The predicted molar refractivity (Wildman–Crippen MR) is 284 cm³/mol. The van der Waals surface area contributed by atoms with E-state index in [4.69, 9.17) is 18.9 Å². The minimum absolute atomic E-state index is 0.0614. The third-order valence-electron chi connectivity index (χ3n) is 14.8. The molecule has 78 heavy (non-hydrogen) atoms. The number of morpholine rings is 1. The van der Waals surface area contributed by atoms with E-state index in [1.165, 1.54) is 24.3 Å². The number of aliphatic hydroxyl groups excluding tert-OH is 1. The number of nitrogens with zero attached hydrogens (tertiary/aromatic N) is 7. The SMILES string of the molecule is COc1ccc(C#Cc2ccc3c(c2)C2(C(=O)N3C(=O)OCc3ccc([N+](=O)[O-])cc3)C(C(=O)N3CCN(c4ncccn4)CC3)C3C(=O)OC(c4ccccc4)C(c4ccccc4)N3C2c2cccc(OCCO)c2)cc1. The first-order valence-corrected chi connectivity index (χ1v) is 25.4. The lowest BCUT2D eigenvalue weighted by molar-refractivity contribution is -0.384. The highest BCUT2D eigenvalue weighted by atomic mass is 16.6. The monoisotopic (exact) mass is 1050 g/mol. The summed E-state index contributed by atoms with van der Waals surface area (Å²) in [6, 6.07) is 41.5. The molecule has 3 fully saturated rings. The molecule has 1 aromatic heterocycles. The molecule has 5 heterocycles. The van der Waals surface area contributed by atoms with E-state index in [9.17, 15) is 15.2 Å². The molecular formula is C60H51N7O11. The summed E-state index contributed by atoms with van der Waals surface area (Å²) in [7, 11) is 1.57. The van der Waals surface area contributed by atoms with Crippen LogP contribution in [-0.2, 0) is 35.9 Å². The van der Waals surface area contributed by atoms with Crippen molar-refractivity contribution in [2.75, 3.05) is 56.3 Å². The zero-order valence-electron chi connectivity index (χ0n) is 42.2. The van der Waals surface area contributed by atoms with Crippen molar-refractivity contribution in [3.63, 3.8) is 0 Å². The van der Waals surface area contributed by atoms with E-state index in [0.29, 0.717) is 63.9 Å². The number of nitro benzene ring substituents is 1. The van der Waals surface area contributed by atoms with Gasteiger partial charge in [-0.2, -0.15) is 0 Å². The van der Waals surface area contributed by atoms with Crippen molar-refractivity contribution in [3.8, 4) is 23.3 Å². The van der Waals surface area contributed by atoms with Gasteiger partial charge in [-0.05, 0) is 101 Å². The number of methoxy groups -OCH3 is 1. The molecule has 3 saturated heterocycles. The number of imide groups is 1. The van der Waals surface area contributed by atoms with Gasteiger partial charge in [-0.1, -0.05) is 84.6 Å². The van der Waals surface area contributed by atoms with E-state index in [2.05, 4.69) is 21.8 Å². The van der Waals surface area contributed by atoms with Crippen molar-refractivity contribution in [1.82, 2.24) is 19.8 Å². The first-order valence-electron chi connectivity index (χ1n) is 25.4. The number of benzene rings is 6. The number of esters is 1. The van der Waals surface area contributed by atoms with Crippen LogP contribution in [0.2, 0.25) is 0 Å². The second-order valence-corrected chi connectivity index (χ2v) is 19.1. The van der Waals surface area contributed by atoms with Crippen molar-refractivity contribution < 1.29 is 48.2 Å². The van der Waals surface area contributed by atoms with E-state index in [1.54, 1.807) is 97.2 Å². The summed E-state index contributed by atoms with van der Waals surface area (Å²) in [5, 5.41) is 21.4. The molecular weight excluding hydrogens is 995 g/mol. The number of non-ortho nitro benzene ring substituents is 1. The Labute approximate surface area is 448 Å². The average molecular weight is 1050 g/mol. The van der Waals surface area contributed by atoms with Gasteiger partial charge in [-0.3, -0.25) is 29.4 Å². The molecule has 3 amide bonds. The Morgan fingerprint density at radius 3 is 2.10 bits per heavy atom. The van der Waals surface area contributed by atoms with Crippen LogP contribution in [0.3, 0.4) is 0 Å². The van der Waals surface area contributed by atoms with Gasteiger partial charge in [0.05, 0.1) is 42.3 Å². The number of nitro groups is 1. The molecule has 392 valence electrons. The summed E-state index contributed by atoms with van der Waals surface area (Å²) in [6.07, 6.45) is 1.21. The first kappa shape index (κ1) is 50.7. The summed E-state index contributed by atoms with van der Waals surface area (Å²) in [5.74, 6) is 4.20. The molecule has 0 bridgehead atoms. The molecule has 6 unspecified atom stereocenters. The number of carbonyl (C=O) groups is 4. The highest BCUT2D eigenvalue weighted by Gasteiger charge is 2.76. The number of cyclic esters (lactones) is 1. The van der Waals surface area contributed by atoms with Crippen molar-refractivity contribution in [2.45, 2.75) is 36.3 Å². The highest BCUT2D eigenvalue weighted by molar-refractivity contribution is 6.23. The number of piperazine rings is 1. The second kappa shape index (κ2) is 21.7. The van der Waals surface area contributed by atoms with Gasteiger partial charge in [-0.25, -0.2) is 19.7 Å². The van der Waals surface area contributed by atoms with Gasteiger partial charge in [0.15, 0.2) is 0 Å². The summed E-state index contributed by atoms with van der Waals surface area (Å²) in [6.45, 7) is 0.220. The number of fused-ring (bicyclic) bond motifs is 3. The van der Waals surface area contributed by atoms with Gasteiger partial charge in [0, 0.05) is 61.8 Å². The topological polar surface area (TPSA) is 207 Å². The predicted octanol–water partition coefficient (Wildman–Crippen LogP) is 7.52. The normalized spacial score (nSPS) is 21.5. The van der Waals surface area contributed by atoms with Crippen LogP contribution in [0.1, 0.15) is 57.1 Å². The zero-order valence-corrected chi connectivity index (χ0v) is 42.2. The Hall–Kier alpha value is -9.44. The maximum absolute atomic E-state index is 16.9. The quantitative estimate of drug-likeness (QED) is 0.0544. The van der Waals surface area contributed by atoms with Crippen LogP contribution < -0.4 is 19.3 Å². The van der Waals surface area contributed by atoms with E-state index in [0.717, 1.165) is 4.90 Å². The van der Waals surface area contributed by atoms with Crippen LogP contribution in [0.4, 0.5) is 22.1 Å². The molecule has 0 radical (unpaired) electrons. The van der Waals surface area contributed by atoms with Crippen LogP contribution in [0.15, 0.2) is 170 Å². The van der Waals surface area contributed by atoms with E-state index >= 15 is 19.2 Å². The summed E-state index contributed by atoms with van der Waals surface area (Å²) in [5.41, 5.74) is 1.32. The average Bonchev–Trinajstić information content (AvgIpc) is 4.02. The first-order chi connectivity index (χ1) is 38.1. The smallest absolute Gasteiger partial charge is 0.421 e. The summed E-state index contributed by atoms with van der Waals surface area (Å²) in [4.78, 5) is 90.5. The maximum atomic E-state index is 16.9. The number of aliphatic hydroxyl groups is 1. The Balaban J connectivity index is 1.15. The van der Waals surface area contributed by atoms with Crippen LogP contribution in [-0.4, -0.2) is 106 Å². The summed E-state index contributed by atoms with van der Waals surface area (Å²) < 4.78 is 24.1. The molecule has 1 N–H and O–H groups in total.